The first-order chi connectivity index (χ1) is 17.3. The highest BCUT2D eigenvalue weighted by molar-refractivity contribution is 7.92. The largest absolute Gasteiger partial charge is 0.339 e. The lowest BCUT2D eigenvalue weighted by Gasteiger charge is -2.22. The number of hydrogen-bond acceptors (Lipinski definition) is 4. The van der Waals surface area contributed by atoms with Gasteiger partial charge >= 0.3 is 0 Å². The van der Waals surface area contributed by atoms with Crippen LogP contribution >= 0.6 is 0 Å². The predicted octanol–water partition coefficient (Wildman–Crippen LogP) is 5.37. The Morgan fingerprint density at radius 3 is 2.11 bits per heavy atom. The Balaban J connectivity index is 1.58. The molecule has 4 rings (SSSR count). The molecule has 8 heteroatoms. The standard InChI is InChI=1S/C28H31N3O4S/c1-20-11-5-7-13-24(20)30-36(34,35)26-19-22(16-15-21(26)2)27(32)29-25-14-8-6-12-23(25)28(33)31-17-9-3-4-10-18-31/h5-8,11-16,19,30H,3-4,9-10,17-18H2,1-2H3,(H,29,32). The lowest BCUT2D eigenvalue weighted by atomic mass is 10.1. The van der Waals surface area contributed by atoms with Gasteiger partial charge in [-0.3, -0.25) is 14.3 Å². The van der Waals surface area contributed by atoms with Crippen molar-refractivity contribution in [3.8, 4) is 0 Å². The first kappa shape index (κ1) is 25.4. The summed E-state index contributed by atoms with van der Waals surface area (Å²) in [4.78, 5) is 28.2. The SMILES string of the molecule is Cc1ccccc1NS(=O)(=O)c1cc(C(=O)Nc2ccccc2C(=O)N2CCCCCC2)ccc1C. The average Bonchev–Trinajstić information content (AvgIpc) is 3.15. The highest BCUT2D eigenvalue weighted by Gasteiger charge is 2.23. The Labute approximate surface area is 212 Å². The number of sulfonamides is 1. The van der Waals surface area contributed by atoms with Gasteiger partial charge in [-0.1, -0.05) is 49.2 Å². The van der Waals surface area contributed by atoms with Crippen LogP contribution in [0.3, 0.4) is 0 Å². The number of anilines is 2. The third-order valence-electron chi connectivity index (χ3n) is 6.43. The smallest absolute Gasteiger partial charge is 0.262 e. The van der Waals surface area contributed by atoms with E-state index in [-0.39, 0.29) is 16.4 Å². The number of likely N-dealkylation sites (tertiary alicyclic amines) is 1. The van der Waals surface area contributed by atoms with E-state index in [1.54, 1.807) is 55.5 Å². The van der Waals surface area contributed by atoms with Gasteiger partial charge in [0.25, 0.3) is 21.8 Å². The van der Waals surface area contributed by atoms with Gasteiger partial charge in [-0.2, -0.15) is 0 Å². The van der Waals surface area contributed by atoms with E-state index in [0.717, 1.165) is 31.2 Å². The minimum absolute atomic E-state index is 0.0207. The Bertz CT molecular complexity index is 1380. The van der Waals surface area contributed by atoms with E-state index in [0.29, 0.717) is 35.6 Å². The predicted molar refractivity (Wildman–Crippen MR) is 142 cm³/mol. The number of aryl methyl sites for hydroxylation is 2. The number of carbonyl (C=O) groups excluding carboxylic acids is 2. The van der Waals surface area contributed by atoms with Crippen molar-refractivity contribution in [2.24, 2.45) is 0 Å². The molecule has 1 heterocycles. The van der Waals surface area contributed by atoms with Crippen LogP contribution in [-0.4, -0.2) is 38.2 Å². The van der Waals surface area contributed by atoms with Crippen LogP contribution in [-0.2, 0) is 10.0 Å². The zero-order chi connectivity index (χ0) is 25.7. The van der Waals surface area contributed by atoms with E-state index in [1.807, 2.05) is 24.0 Å². The maximum atomic E-state index is 13.2. The number of hydrogen-bond donors (Lipinski definition) is 2. The molecule has 0 spiro atoms. The van der Waals surface area contributed by atoms with Gasteiger partial charge in [0.1, 0.15) is 0 Å². The second kappa shape index (κ2) is 11.0. The zero-order valence-electron chi connectivity index (χ0n) is 20.6. The summed E-state index contributed by atoms with van der Waals surface area (Å²) in [6, 6.07) is 18.6. The number of nitrogens with zero attached hydrogens (tertiary/aromatic N) is 1. The van der Waals surface area contributed by atoms with Crippen LogP contribution in [0.25, 0.3) is 0 Å². The van der Waals surface area contributed by atoms with Crippen LogP contribution in [0.4, 0.5) is 11.4 Å². The summed E-state index contributed by atoms with van der Waals surface area (Å²) < 4.78 is 28.9. The minimum Gasteiger partial charge on any atom is -0.339 e. The number of carbonyl (C=O) groups is 2. The topological polar surface area (TPSA) is 95.6 Å². The van der Waals surface area contributed by atoms with Crippen LogP contribution in [0.15, 0.2) is 71.6 Å². The molecule has 1 saturated heterocycles. The fourth-order valence-electron chi connectivity index (χ4n) is 4.34. The summed E-state index contributed by atoms with van der Waals surface area (Å²) in [6.07, 6.45) is 4.16. The molecule has 2 N–H and O–H groups in total. The molecule has 3 aromatic carbocycles. The van der Waals surface area contributed by atoms with Gasteiger partial charge in [0.2, 0.25) is 0 Å². The fourth-order valence-corrected chi connectivity index (χ4v) is 5.74. The van der Waals surface area contributed by atoms with Crippen LogP contribution < -0.4 is 10.0 Å². The molecule has 36 heavy (non-hydrogen) atoms. The van der Waals surface area contributed by atoms with Crippen LogP contribution in [0.1, 0.15) is 57.5 Å². The van der Waals surface area contributed by atoms with Crippen molar-refractivity contribution in [3.05, 3.63) is 89.0 Å². The number of nitrogens with one attached hydrogen (secondary N) is 2. The van der Waals surface area contributed by atoms with E-state index < -0.39 is 15.9 Å². The fraction of sp³-hybridized carbons (Fsp3) is 0.286. The maximum absolute atomic E-state index is 13.2. The van der Waals surface area contributed by atoms with E-state index in [1.165, 1.54) is 6.07 Å². The molecule has 0 bridgehead atoms. The molecule has 0 radical (unpaired) electrons. The number of amides is 2. The maximum Gasteiger partial charge on any atom is 0.262 e. The quantitative estimate of drug-likeness (QED) is 0.471. The van der Waals surface area contributed by atoms with E-state index in [2.05, 4.69) is 10.0 Å². The second-order valence-corrected chi connectivity index (χ2v) is 10.8. The Morgan fingerprint density at radius 2 is 1.42 bits per heavy atom. The average molecular weight is 506 g/mol. The van der Waals surface area contributed by atoms with Crippen molar-refractivity contribution in [1.82, 2.24) is 4.90 Å². The molecule has 0 unspecified atom stereocenters. The summed E-state index contributed by atoms with van der Waals surface area (Å²) in [5.74, 6) is -0.596. The number of benzene rings is 3. The lowest BCUT2D eigenvalue weighted by Crippen LogP contribution is -2.32. The van der Waals surface area contributed by atoms with Crippen molar-refractivity contribution < 1.29 is 18.0 Å². The summed E-state index contributed by atoms with van der Waals surface area (Å²) in [5, 5.41) is 2.82. The van der Waals surface area contributed by atoms with Crippen molar-refractivity contribution in [2.75, 3.05) is 23.1 Å². The van der Waals surface area contributed by atoms with Gasteiger partial charge < -0.3 is 10.2 Å². The third kappa shape index (κ3) is 5.76. The zero-order valence-corrected chi connectivity index (χ0v) is 21.4. The third-order valence-corrected chi connectivity index (χ3v) is 7.94. The van der Waals surface area contributed by atoms with Gasteiger partial charge in [-0.25, -0.2) is 8.42 Å². The van der Waals surface area contributed by atoms with Gasteiger partial charge in [0.05, 0.1) is 21.8 Å². The van der Waals surface area contributed by atoms with Crippen LogP contribution in [0, 0.1) is 13.8 Å². The van der Waals surface area contributed by atoms with Gasteiger partial charge in [-0.05, 0) is 68.1 Å². The Kier molecular flexibility index (Phi) is 7.74. The van der Waals surface area contributed by atoms with Crippen molar-refractivity contribution >= 4 is 33.2 Å². The van der Waals surface area contributed by atoms with Crippen molar-refractivity contribution in [1.29, 1.82) is 0 Å². The van der Waals surface area contributed by atoms with Crippen molar-refractivity contribution in [3.63, 3.8) is 0 Å². The molecular formula is C28H31N3O4S. The van der Waals surface area contributed by atoms with Crippen LogP contribution in [0.2, 0.25) is 0 Å². The van der Waals surface area contributed by atoms with E-state index >= 15 is 0 Å². The molecule has 188 valence electrons. The highest BCUT2D eigenvalue weighted by atomic mass is 32.2. The van der Waals surface area contributed by atoms with E-state index in [9.17, 15) is 18.0 Å². The normalized spacial score (nSPS) is 14.1. The van der Waals surface area contributed by atoms with E-state index in [4.69, 9.17) is 0 Å². The number of rotatable bonds is 6. The summed E-state index contributed by atoms with van der Waals surface area (Å²) in [6.45, 7) is 4.91. The molecule has 2 amide bonds. The van der Waals surface area contributed by atoms with Crippen LogP contribution in [0.5, 0.6) is 0 Å². The first-order valence-electron chi connectivity index (χ1n) is 12.1. The molecule has 1 aliphatic heterocycles. The van der Waals surface area contributed by atoms with Crippen molar-refractivity contribution in [2.45, 2.75) is 44.4 Å². The molecule has 7 nitrogen and oxygen atoms in total. The molecule has 1 fully saturated rings. The highest BCUT2D eigenvalue weighted by Crippen LogP contribution is 2.25. The first-order valence-corrected chi connectivity index (χ1v) is 13.6. The lowest BCUT2D eigenvalue weighted by molar-refractivity contribution is 0.0762. The molecule has 0 aromatic heterocycles. The number of para-hydroxylation sites is 2. The molecule has 0 atom stereocenters. The summed E-state index contributed by atoms with van der Waals surface area (Å²) in [7, 11) is -3.93. The molecule has 1 aliphatic rings. The molecule has 3 aromatic rings. The molecular weight excluding hydrogens is 474 g/mol. The molecule has 0 saturated carbocycles. The summed E-state index contributed by atoms with van der Waals surface area (Å²) in [5.41, 5.74) is 2.80. The Morgan fingerprint density at radius 1 is 0.778 bits per heavy atom. The monoisotopic (exact) mass is 505 g/mol. The Hall–Kier alpha value is -3.65. The second-order valence-electron chi connectivity index (χ2n) is 9.11. The van der Waals surface area contributed by atoms with Gasteiger partial charge in [-0.15, -0.1) is 0 Å². The van der Waals surface area contributed by atoms with Gasteiger partial charge in [0.15, 0.2) is 0 Å². The van der Waals surface area contributed by atoms with Gasteiger partial charge in [0, 0.05) is 18.7 Å². The minimum atomic E-state index is -3.93. The molecule has 0 aliphatic carbocycles. The summed E-state index contributed by atoms with van der Waals surface area (Å²) >= 11 is 0.